The van der Waals surface area contributed by atoms with Crippen LogP contribution in [0.4, 0.5) is 0 Å². The van der Waals surface area contributed by atoms with Crippen LogP contribution in [0.25, 0.3) is 39.7 Å². The van der Waals surface area contributed by atoms with Crippen molar-refractivity contribution >= 4 is 45.9 Å². The van der Waals surface area contributed by atoms with Gasteiger partial charge in [0.2, 0.25) is 5.13 Å². The lowest BCUT2D eigenvalue weighted by molar-refractivity contribution is 0.373. The molecule has 5 aromatic rings. The molecule has 0 bridgehead atoms. The summed E-state index contributed by atoms with van der Waals surface area (Å²) in [5, 5.41) is 25.3. The van der Waals surface area contributed by atoms with Gasteiger partial charge >= 0.3 is 0 Å². The highest BCUT2D eigenvalue weighted by molar-refractivity contribution is 7.20. The summed E-state index contributed by atoms with van der Waals surface area (Å²) >= 11 is 1.56. The van der Waals surface area contributed by atoms with E-state index in [1.165, 1.54) is 14.2 Å². The quantitative estimate of drug-likeness (QED) is 0.276. The van der Waals surface area contributed by atoms with Gasteiger partial charge in [0, 0.05) is 0 Å². The summed E-state index contributed by atoms with van der Waals surface area (Å²) in [6.45, 7) is 0. The first-order valence-corrected chi connectivity index (χ1v) is 11.9. The first-order chi connectivity index (χ1) is 17.5. The van der Waals surface area contributed by atoms with Gasteiger partial charge in [-0.3, -0.25) is 0 Å². The van der Waals surface area contributed by atoms with Crippen LogP contribution < -0.4 is 9.47 Å². The molecule has 0 saturated carbocycles. The average molecular weight is 498 g/mol. The fourth-order valence-electron chi connectivity index (χ4n) is 3.68. The van der Waals surface area contributed by atoms with Crippen molar-refractivity contribution in [3.8, 4) is 28.1 Å². The molecular formula is C28H23N3O4S. The van der Waals surface area contributed by atoms with E-state index in [0.717, 1.165) is 37.9 Å². The number of rotatable bonds is 7. The van der Waals surface area contributed by atoms with E-state index in [9.17, 15) is 10.2 Å². The fraction of sp³-hybridized carbons (Fsp3) is 0.0714. The number of nitrogens with zero attached hydrogens (tertiary/aromatic N) is 3. The minimum Gasteiger partial charge on any atom is -0.504 e. The summed E-state index contributed by atoms with van der Waals surface area (Å²) in [5.74, 6) is 0.996. The Balaban J connectivity index is 1.53. The predicted octanol–water partition coefficient (Wildman–Crippen LogP) is 6.25. The molecule has 0 aliphatic heterocycles. The van der Waals surface area contributed by atoms with Gasteiger partial charge in [-0.1, -0.05) is 47.8 Å². The average Bonchev–Trinajstić information content (AvgIpc) is 3.51. The first kappa shape index (κ1) is 23.2. The van der Waals surface area contributed by atoms with Crippen molar-refractivity contribution in [2.45, 2.75) is 0 Å². The fourth-order valence-corrected chi connectivity index (χ4v) is 4.62. The molecule has 0 radical (unpaired) electrons. The van der Waals surface area contributed by atoms with Crippen molar-refractivity contribution in [3.05, 3.63) is 89.2 Å². The van der Waals surface area contributed by atoms with Crippen molar-refractivity contribution in [3.63, 3.8) is 0 Å². The highest BCUT2D eigenvalue weighted by Crippen LogP contribution is 2.30. The highest BCUT2D eigenvalue weighted by atomic mass is 32.1. The number of hydrogen-bond donors (Lipinski definition) is 2. The van der Waals surface area contributed by atoms with Gasteiger partial charge in [-0.05, 0) is 65.7 Å². The summed E-state index contributed by atoms with van der Waals surface area (Å²) in [6, 6.07) is 20.3. The zero-order chi connectivity index (χ0) is 25.1. The molecular weight excluding hydrogens is 474 g/mol. The Labute approximate surface area is 211 Å². The molecule has 0 unspecified atom stereocenters. The molecule has 180 valence electrons. The van der Waals surface area contributed by atoms with Crippen LogP contribution in [0.3, 0.4) is 0 Å². The van der Waals surface area contributed by atoms with Crippen LogP contribution >= 0.6 is 11.3 Å². The Morgan fingerprint density at radius 3 is 2.06 bits per heavy atom. The largest absolute Gasteiger partial charge is 0.504 e. The maximum Gasteiger partial charge on any atom is 0.212 e. The number of ether oxygens (including phenoxy) is 2. The van der Waals surface area contributed by atoms with Crippen LogP contribution in [-0.2, 0) is 0 Å². The molecule has 2 aromatic heterocycles. The van der Waals surface area contributed by atoms with Crippen LogP contribution in [0.2, 0.25) is 0 Å². The molecule has 36 heavy (non-hydrogen) atoms. The molecule has 5 rings (SSSR count). The molecule has 8 heteroatoms. The second-order valence-corrected chi connectivity index (χ2v) is 8.91. The van der Waals surface area contributed by atoms with Crippen LogP contribution in [0.15, 0.2) is 66.7 Å². The maximum atomic E-state index is 9.89. The van der Waals surface area contributed by atoms with E-state index in [4.69, 9.17) is 19.6 Å². The Hall–Kier alpha value is -4.56. The smallest absolute Gasteiger partial charge is 0.212 e. The molecule has 0 aliphatic carbocycles. The van der Waals surface area contributed by atoms with E-state index in [1.54, 1.807) is 41.7 Å². The zero-order valence-electron chi connectivity index (χ0n) is 19.6. The summed E-state index contributed by atoms with van der Waals surface area (Å²) in [6.07, 6.45) is 7.69. The number of aromatic nitrogens is 3. The first-order valence-electron chi connectivity index (χ1n) is 11.1. The van der Waals surface area contributed by atoms with Gasteiger partial charge in [0.15, 0.2) is 23.0 Å². The predicted molar refractivity (Wildman–Crippen MR) is 144 cm³/mol. The number of thiazole rings is 1. The van der Waals surface area contributed by atoms with E-state index in [-0.39, 0.29) is 11.5 Å². The second-order valence-electron chi connectivity index (χ2n) is 7.90. The Bertz CT molecular complexity index is 1570. The van der Waals surface area contributed by atoms with Gasteiger partial charge in [-0.2, -0.15) is 5.10 Å². The van der Waals surface area contributed by atoms with Crippen LogP contribution in [0.5, 0.6) is 23.0 Å². The Morgan fingerprint density at radius 1 is 0.778 bits per heavy atom. The van der Waals surface area contributed by atoms with Crippen LogP contribution in [-0.4, -0.2) is 39.2 Å². The third kappa shape index (κ3) is 4.80. The number of methoxy groups -OCH3 is 2. The zero-order valence-corrected chi connectivity index (χ0v) is 20.4. The number of aromatic hydroxyl groups is 2. The van der Waals surface area contributed by atoms with Gasteiger partial charge < -0.3 is 19.7 Å². The van der Waals surface area contributed by atoms with Gasteiger partial charge in [0.05, 0.1) is 35.8 Å². The summed E-state index contributed by atoms with van der Waals surface area (Å²) in [4.78, 5) is 4.77. The van der Waals surface area contributed by atoms with Crippen molar-refractivity contribution in [2.75, 3.05) is 14.2 Å². The van der Waals surface area contributed by atoms with Crippen molar-refractivity contribution in [1.82, 2.24) is 14.8 Å². The van der Waals surface area contributed by atoms with Gasteiger partial charge in [-0.25, -0.2) is 9.67 Å². The number of hydrogen-bond acceptors (Lipinski definition) is 7. The van der Waals surface area contributed by atoms with E-state index in [1.807, 2.05) is 65.4 Å². The minimum atomic E-state index is 0.0902. The molecule has 0 fully saturated rings. The molecule has 0 amide bonds. The topological polar surface area (TPSA) is 89.6 Å². The van der Waals surface area contributed by atoms with E-state index in [2.05, 4.69) is 0 Å². The van der Waals surface area contributed by atoms with E-state index >= 15 is 0 Å². The summed E-state index contributed by atoms with van der Waals surface area (Å²) in [5.41, 5.74) is 4.23. The number of phenolic OH excluding ortho intramolecular Hbond substituents is 2. The molecule has 7 nitrogen and oxygen atoms in total. The van der Waals surface area contributed by atoms with E-state index in [0.29, 0.717) is 11.5 Å². The number of phenols is 2. The van der Waals surface area contributed by atoms with E-state index < -0.39 is 0 Å². The molecule has 2 heterocycles. The maximum absolute atomic E-state index is 9.89. The molecule has 0 spiro atoms. The lowest BCUT2D eigenvalue weighted by atomic mass is 10.1. The lowest BCUT2D eigenvalue weighted by Crippen LogP contribution is -1.98. The van der Waals surface area contributed by atoms with Crippen molar-refractivity contribution in [1.29, 1.82) is 0 Å². The SMILES string of the molecule is COc1cc(/C=C/c2cc(/C=C/c3ccc(O)c(OC)c3)n(-c3nc4ccccc4s3)n2)ccc1O. The minimum absolute atomic E-state index is 0.0902. The summed E-state index contributed by atoms with van der Waals surface area (Å²) < 4.78 is 13.3. The monoisotopic (exact) mass is 497 g/mol. The molecule has 0 aliphatic rings. The van der Waals surface area contributed by atoms with Crippen LogP contribution in [0.1, 0.15) is 22.5 Å². The highest BCUT2D eigenvalue weighted by Gasteiger charge is 2.12. The third-order valence-electron chi connectivity index (χ3n) is 5.52. The lowest BCUT2D eigenvalue weighted by Gasteiger charge is -2.04. The van der Waals surface area contributed by atoms with Gasteiger partial charge in [-0.15, -0.1) is 0 Å². The molecule has 0 atom stereocenters. The van der Waals surface area contributed by atoms with Crippen molar-refractivity contribution in [2.24, 2.45) is 0 Å². The summed E-state index contributed by atoms with van der Waals surface area (Å²) in [7, 11) is 3.04. The number of benzene rings is 3. The molecule has 2 N–H and O–H groups in total. The third-order valence-corrected chi connectivity index (χ3v) is 6.53. The number of fused-ring (bicyclic) bond motifs is 1. The normalized spacial score (nSPS) is 11.6. The Morgan fingerprint density at radius 2 is 1.42 bits per heavy atom. The molecule has 3 aromatic carbocycles. The van der Waals surface area contributed by atoms with Gasteiger partial charge in [0.25, 0.3) is 0 Å². The standard InChI is InChI=1S/C28H23N3O4S/c1-34-25-15-18(9-13-23(25)32)7-11-20-17-21(12-8-19-10-14-24(33)26(16-19)35-2)31(30-20)28-29-22-5-3-4-6-27(22)36-28/h3-17,32-33H,1-2H3/b11-7+,12-8+. The molecule has 0 saturated heterocycles. The van der Waals surface area contributed by atoms with Gasteiger partial charge in [0.1, 0.15) is 0 Å². The van der Waals surface area contributed by atoms with Crippen LogP contribution in [0, 0.1) is 0 Å². The van der Waals surface area contributed by atoms with Crippen molar-refractivity contribution < 1.29 is 19.7 Å². The number of para-hydroxylation sites is 1. The second kappa shape index (κ2) is 9.97. The Kier molecular flexibility index (Phi) is 6.42.